The summed E-state index contributed by atoms with van der Waals surface area (Å²) >= 11 is 11.7. The van der Waals surface area contributed by atoms with E-state index in [4.69, 9.17) is 33.3 Å². The monoisotopic (exact) mass is 527 g/mol. The minimum atomic E-state index is -0.880. The first-order valence-electron chi connectivity index (χ1n) is 11.0. The third kappa shape index (κ3) is 5.42. The molecule has 0 bridgehead atoms. The number of amides is 2. The molecule has 10 heteroatoms. The van der Waals surface area contributed by atoms with Gasteiger partial charge in [-0.25, -0.2) is 4.39 Å². The van der Waals surface area contributed by atoms with E-state index in [-0.39, 0.29) is 29.9 Å². The third-order valence-corrected chi connectivity index (χ3v) is 6.34. The van der Waals surface area contributed by atoms with Crippen LogP contribution in [0.15, 0.2) is 66.7 Å². The summed E-state index contributed by atoms with van der Waals surface area (Å²) in [5.41, 5.74) is 1.73. The van der Waals surface area contributed by atoms with Gasteiger partial charge in [-0.05, 0) is 72.4 Å². The Balaban J connectivity index is 1.63. The highest BCUT2D eigenvalue weighted by Crippen LogP contribution is 2.32. The molecule has 7 nitrogen and oxygen atoms in total. The van der Waals surface area contributed by atoms with Crippen LogP contribution in [0.3, 0.4) is 0 Å². The van der Waals surface area contributed by atoms with E-state index < -0.39 is 11.9 Å². The van der Waals surface area contributed by atoms with E-state index in [1.54, 1.807) is 48.4 Å². The number of methoxy groups -OCH3 is 2. The van der Waals surface area contributed by atoms with Gasteiger partial charge in [0.25, 0.3) is 5.91 Å². The van der Waals surface area contributed by atoms with Gasteiger partial charge in [0, 0.05) is 17.3 Å². The standard InChI is InChI=1S/C26H23ClFN3O4S/c1-34-22-11-6-16(12-23(22)35-2)15-30-21(14-24(32)29-19-5-3-4-17(27)13-19)25(33)31(26(30)36)20-9-7-18(28)8-10-20/h3-13,21H,14-15H2,1-2H3,(H,29,32). The molecule has 3 aromatic rings. The maximum absolute atomic E-state index is 13.5. The normalized spacial score (nSPS) is 15.3. The van der Waals surface area contributed by atoms with Gasteiger partial charge in [0.05, 0.1) is 26.3 Å². The topological polar surface area (TPSA) is 71.1 Å². The van der Waals surface area contributed by atoms with Crippen LogP contribution in [-0.4, -0.2) is 42.1 Å². The summed E-state index contributed by atoms with van der Waals surface area (Å²) in [4.78, 5) is 29.5. The van der Waals surface area contributed by atoms with Crippen LogP contribution in [0.2, 0.25) is 5.02 Å². The number of benzene rings is 3. The van der Waals surface area contributed by atoms with Crippen molar-refractivity contribution < 1.29 is 23.5 Å². The number of thiocarbonyl (C=S) groups is 1. The van der Waals surface area contributed by atoms with Crippen LogP contribution < -0.4 is 19.7 Å². The lowest BCUT2D eigenvalue weighted by atomic mass is 10.1. The second kappa shape index (κ2) is 10.9. The Morgan fingerprint density at radius 2 is 1.78 bits per heavy atom. The molecule has 2 amide bonds. The van der Waals surface area contributed by atoms with Crippen molar-refractivity contribution in [3.63, 3.8) is 0 Å². The van der Waals surface area contributed by atoms with Crippen molar-refractivity contribution in [3.05, 3.63) is 83.1 Å². The highest BCUT2D eigenvalue weighted by molar-refractivity contribution is 7.80. The molecule has 0 saturated carbocycles. The minimum absolute atomic E-state index is 0.156. The highest BCUT2D eigenvalue weighted by atomic mass is 35.5. The third-order valence-electron chi connectivity index (χ3n) is 5.69. The quantitative estimate of drug-likeness (QED) is 0.414. The smallest absolute Gasteiger partial charge is 0.256 e. The zero-order chi connectivity index (χ0) is 25.8. The number of anilines is 2. The van der Waals surface area contributed by atoms with E-state index in [1.807, 2.05) is 6.07 Å². The van der Waals surface area contributed by atoms with E-state index in [2.05, 4.69) is 5.32 Å². The first-order valence-corrected chi connectivity index (χ1v) is 11.8. The Morgan fingerprint density at radius 1 is 1.06 bits per heavy atom. The van der Waals surface area contributed by atoms with Crippen molar-refractivity contribution in [2.45, 2.75) is 19.0 Å². The van der Waals surface area contributed by atoms with E-state index in [1.165, 1.54) is 36.3 Å². The lowest BCUT2D eigenvalue weighted by molar-refractivity contribution is -0.124. The van der Waals surface area contributed by atoms with Crippen LogP contribution in [0.25, 0.3) is 0 Å². The van der Waals surface area contributed by atoms with Crippen LogP contribution in [0.4, 0.5) is 15.8 Å². The average Bonchev–Trinajstić information content (AvgIpc) is 3.08. The summed E-state index contributed by atoms with van der Waals surface area (Å²) in [5, 5.41) is 3.46. The minimum Gasteiger partial charge on any atom is -0.493 e. The van der Waals surface area contributed by atoms with Gasteiger partial charge in [-0.2, -0.15) is 0 Å². The highest BCUT2D eigenvalue weighted by Gasteiger charge is 2.44. The summed E-state index contributed by atoms with van der Waals surface area (Å²) in [6.07, 6.45) is -0.156. The second-order valence-electron chi connectivity index (χ2n) is 8.03. The average molecular weight is 528 g/mol. The van der Waals surface area contributed by atoms with Crippen LogP contribution in [0, 0.1) is 5.82 Å². The Labute approximate surface area is 218 Å². The van der Waals surface area contributed by atoms with Crippen LogP contribution >= 0.6 is 23.8 Å². The van der Waals surface area contributed by atoms with E-state index in [0.717, 1.165) is 5.56 Å². The molecule has 0 aliphatic carbocycles. The molecular formula is C26H23ClFN3O4S. The van der Waals surface area contributed by atoms with Gasteiger partial charge in [0.15, 0.2) is 16.6 Å². The zero-order valence-electron chi connectivity index (χ0n) is 19.5. The number of nitrogens with one attached hydrogen (secondary N) is 1. The molecule has 0 spiro atoms. The number of carbonyl (C=O) groups is 2. The van der Waals surface area contributed by atoms with Crippen LogP contribution in [0.1, 0.15) is 12.0 Å². The molecule has 3 aromatic carbocycles. The predicted octanol–water partition coefficient (Wildman–Crippen LogP) is 5.03. The van der Waals surface area contributed by atoms with Gasteiger partial charge in [-0.1, -0.05) is 23.7 Å². The lowest BCUT2D eigenvalue weighted by Crippen LogP contribution is -2.37. The molecule has 1 N–H and O–H groups in total. The maximum Gasteiger partial charge on any atom is 0.256 e. The molecule has 1 aliphatic heterocycles. The molecule has 0 aromatic heterocycles. The van der Waals surface area contributed by atoms with Crippen molar-refractivity contribution in [1.29, 1.82) is 0 Å². The predicted molar refractivity (Wildman–Crippen MR) is 140 cm³/mol. The molecule has 1 saturated heterocycles. The molecule has 1 unspecified atom stereocenters. The first kappa shape index (κ1) is 25.4. The molecule has 1 atom stereocenters. The molecular weight excluding hydrogens is 505 g/mol. The van der Waals surface area contributed by atoms with Crippen molar-refractivity contribution in [3.8, 4) is 11.5 Å². The number of nitrogens with zero attached hydrogens (tertiary/aromatic N) is 2. The van der Waals surface area contributed by atoms with Crippen molar-refractivity contribution in [2.75, 3.05) is 24.4 Å². The van der Waals surface area contributed by atoms with E-state index in [0.29, 0.717) is 27.9 Å². The van der Waals surface area contributed by atoms with Crippen molar-refractivity contribution in [2.24, 2.45) is 0 Å². The molecule has 36 heavy (non-hydrogen) atoms. The maximum atomic E-state index is 13.5. The van der Waals surface area contributed by atoms with Gasteiger partial charge in [-0.15, -0.1) is 0 Å². The largest absolute Gasteiger partial charge is 0.493 e. The number of carbonyl (C=O) groups excluding carboxylic acids is 2. The van der Waals surface area contributed by atoms with Crippen molar-refractivity contribution in [1.82, 2.24) is 4.90 Å². The van der Waals surface area contributed by atoms with Gasteiger partial charge in [0.2, 0.25) is 5.91 Å². The fraction of sp³-hybridized carbons (Fsp3) is 0.192. The fourth-order valence-corrected chi connectivity index (χ4v) is 4.55. The fourth-order valence-electron chi connectivity index (χ4n) is 3.97. The van der Waals surface area contributed by atoms with Crippen molar-refractivity contribution >= 4 is 52.1 Å². The van der Waals surface area contributed by atoms with Crippen LogP contribution in [0.5, 0.6) is 11.5 Å². The number of hydrogen-bond acceptors (Lipinski definition) is 5. The molecule has 186 valence electrons. The van der Waals surface area contributed by atoms with Crippen LogP contribution in [-0.2, 0) is 16.1 Å². The van der Waals surface area contributed by atoms with Gasteiger partial charge >= 0.3 is 0 Å². The first-order chi connectivity index (χ1) is 17.3. The summed E-state index contributed by atoms with van der Waals surface area (Å²) in [6.45, 7) is 0.234. The SMILES string of the molecule is COc1ccc(CN2C(=S)N(c3ccc(F)cc3)C(=O)C2CC(=O)Nc2cccc(Cl)c2)cc1OC. The number of hydrogen-bond donors (Lipinski definition) is 1. The molecule has 4 rings (SSSR count). The van der Waals surface area contributed by atoms with E-state index >= 15 is 0 Å². The second-order valence-corrected chi connectivity index (χ2v) is 8.83. The zero-order valence-corrected chi connectivity index (χ0v) is 21.1. The van der Waals surface area contributed by atoms with E-state index in [9.17, 15) is 14.0 Å². The summed E-state index contributed by atoms with van der Waals surface area (Å²) in [7, 11) is 3.08. The summed E-state index contributed by atoms with van der Waals surface area (Å²) in [6, 6.07) is 16.7. The molecule has 1 aliphatic rings. The number of rotatable bonds is 8. The Kier molecular flexibility index (Phi) is 7.71. The summed E-state index contributed by atoms with van der Waals surface area (Å²) < 4.78 is 24.2. The Hall–Kier alpha value is -3.69. The van der Waals surface area contributed by atoms with Gasteiger partial charge in [0.1, 0.15) is 11.9 Å². The Bertz CT molecular complexity index is 1300. The molecule has 1 fully saturated rings. The lowest BCUT2D eigenvalue weighted by Gasteiger charge is -2.24. The number of ether oxygens (including phenoxy) is 2. The molecule has 0 radical (unpaired) electrons. The Morgan fingerprint density at radius 3 is 2.44 bits per heavy atom. The summed E-state index contributed by atoms with van der Waals surface area (Å²) in [5.74, 6) is -0.107. The number of halogens is 2. The van der Waals surface area contributed by atoms with Gasteiger partial charge < -0.3 is 19.7 Å². The molecule has 1 heterocycles. The van der Waals surface area contributed by atoms with Gasteiger partial charge in [-0.3, -0.25) is 14.5 Å².